The fourth-order valence-electron chi connectivity index (χ4n) is 2.62. The molecule has 1 fully saturated rings. The van der Waals surface area contributed by atoms with E-state index >= 15 is 0 Å². The first-order chi connectivity index (χ1) is 10.1. The van der Waals surface area contributed by atoms with Gasteiger partial charge in [0.05, 0.1) is 24.5 Å². The third-order valence-electron chi connectivity index (χ3n) is 3.70. The molecule has 1 aliphatic rings. The number of nitrogens with zero attached hydrogens (tertiary/aromatic N) is 4. The molecule has 112 valence electrons. The summed E-state index contributed by atoms with van der Waals surface area (Å²) in [4.78, 5) is 18.8. The average molecular weight is 288 g/mol. The first-order valence-electron chi connectivity index (χ1n) is 7.30. The molecule has 21 heavy (non-hydrogen) atoms. The lowest BCUT2D eigenvalue weighted by molar-refractivity contribution is -0.0124. The molecule has 0 unspecified atom stereocenters. The Balaban J connectivity index is 1.88. The monoisotopic (exact) mass is 288 g/mol. The molecule has 0 radical (unpaired) electrons. The van der Waals surface area contributed by atoms with Crippen LogP contribution in [-0.2, 0) is 4.74 Å². The summed E-state index contributed by atoms with van der Waals surface area (Å²) in [5.41, 5.74) is 1.43. The maximum atomic E-state index is 12.5. The summed E-state index contributed by atoms with van der Waals surface area (Å²) in [7, 11) is 0. The van der Waals surface area contributed by atoms with Crippen LogP contribution in [0.4, 0.5) is 0 Å². The van der Waals surface area contributed by atoms with Gasteiger partial charge in [-0.15, -0.1) is 0 Å². The number of rotatable bonds is 2. The highest BCUT2D eigenvalue weighted by atomic mass is 16.5. The fourth-order valence-corrected chi connectivity index (χ4v) is 2.62. The molecule has 0 bridgehead atoms. The third-order valence-corrected chi connectivity index (χ3v) is 3.70. The molecule has 2 aromatic heterocycles. The summed E-state index contributed by atoms with van der Waals surface area (Å²) in [5, 5.41) is 5.23. The lowest BCUT2D eigenvalue weighted by Crippen LogP contribution is -2.44. The molecule has 0 spiro atoms. The van der Waals surface area contributed by atoms with Crippen LogP contribution in [-0.4, -0.2) is 51.4 Å². The Morgan fingerprint density at radius 3 is 2.95 bits per heavy atom. The molecule has 6 heteroatoms. The molecule has 2 aromatic rings. The number of pyridine rings is 1. The Hall–Kier alpha value is -1.95. The number of morpholine rings is 1. The minimum atomic E-state index is 0.0110. The van der Waals surface area contributed by atoms with E-state index in [1.807, 2.05) is 22.6 Å². The second-order valence-electron chi connectivity index (χ2n) is 5.75. The van der Waals surface area contributed by atoms with Crippen molar-refractivity contribution in [3.05, 3.63) is 24.0 Å². The zero-order valence-electron chi connectivity index (χ0n) is 12.6. The topological polar surface area (TPSA) is 60.2 Å². The fraction of sp³-hybridized carbons (Fsp3) is 0.533. The largest absolute Gasteiger partial charge is 0.375 e. The lowest BCUT2D eigenvalue weighted by Gasteiger charge is -2.31. The maximum absolute atomic E-state index is 12.5. The Labute approximate surface area is 123 Å². The summed E-state index contributed by atoms with van der Waals surface area (Å²) in [6.07, 6.45) is 3.50. The van der Waals surface area contributed by atoms with Crippen LogP contribution in [0.2, 0.25) is 0 Å². The van der Waals surface area contributed by atoms with E-state index in [4.69, 9.17) is 4.74 Å². The number of hydrogen-bond donors (Lipinski definition) is 0. The van der Waals surface area contributed by atoms with Crippen LogP contribution in [0.1, 0.15) is 37.2 Å². The average Bonchev–Trinajstić information content (AvgIpc) is 2.89. The number of carbonyl (C=O) groups excluding carboxylic acids is 1. The molecule has 1 amide bonds. The summed E-state index contributed by atoms with van der Waals surface area (Å²) in [6, 6.07) is 2.12. The lowest BCUT2D eigenvalue weighted by atomic mass is 10.2. The normalized spacial score (nSPS) is 19.4. The van der Waals surface area contributed by atoms with Crippen molar-refractivity contribution in [3.8, 4) is 0 Å². The quantitative estimate of drug-likeness (QED) is 0.846. The van der Waals surface area contributed by atoms with Gasteiger partial charge in [0.2, 0.25) is 0 Å². The van der Waals surface area contributed by atoms with Crippen molar-refractivity contribution in [1.29, 1.82) is 0 Å². The first-order valence-corrected chi connectivity index (χ1v) is 7.30. The summed E-state index contributed by atoms with van der Waals surface area (Å²) >= 11 is 0. The number of amides is 1. The van der Waals surface area contributed by atoms with Crippen LogP contribution in [0.15, 0.2) is 18.5 Å². The van der Waals surface area contributed by atoms with Crippen LogP contribution in [0.25, 0.3) is 11.0 Å². The van der Waals surface area contributed by atoms with Crippen molar-refractivity contribution in [2.45, 2.75) is 32.9 Å². The van der Waals surface area contributed by atoms with Gasteiger partial charge in [0.15, 0.2) is 5.65 Å². The van der Waals surface area contributed by atoms with Crippen molar-refractivity contribution in [2.24, 2.45) is 0 Å². The SMILES string of the molecule is CC(C)n1ncc2cc(C(=O)N3CCO[C@@H](C)C3)cnc21. The summed E-state index contributed by atoms with van der Waals surface area (Å²) < 4.78 is 7.33. The Kier molecular flexibility index (Phi) is 3.63. The highest BCUT2D eigenvalue weighted by molar-refractivity contribution is 5.96. The van der Waals surface area contributed by atoms with Crippen LogP contribution < -0.4 is 0 Å². The molecular formula is C15H20N4O2. The van der Waals surface area contributed by atoms with Crippen molar-refractivity contribution in [1.82, 2.24) is 19.7 Å². The molecule has 0 saturated carbocycles. The zero-order chi connectivity index (χ0) is 15.0. The molecule has 1 atom stereocenters. The van der Waals surface area contributed by atoms with Gasteiger partial charge >= 0.3 is 0 Å². The molecular weight excluding hydrogens is 268 g/mol. The second-order valence-corrected chi connectivity index (χ2v) is 5.75. The molecule has 3 heterocycles. The molecule has 6 nitrogen and oxygen atoms in total. The predicted molar refractivity (Wildman–Crippen MR) is 79.2 cm³/mol. The Morgan fingerprint density at radius 1 is 1.43 bits per heavy atom. The van der Waals surface area contributed by atoms with Crippen molar-refractivity contribution < 1.29 is 9.53 Å². The van der Waals surface area contributed by atoms with E-state index in [9.17, 15) is 4.79 Å². The Morgan fingerprint density at radius 2 is 2.24 bits per heavy atom. The number of hydrogen-bond acceptors (Lipinski definition) is 4. The van der Waals surface area contributed by atoms with Crippen molar-refractivity contribution in [2.75, 3.05) is 19.7 Å². The zero-order valence-corrected chi connectivity index (χ0v) is 12.6. The van der Waals surface area contributed by atoms with Gasteiger partial charge in [-0.1, -0.05) is 0 Å². The number of aromatic nitrogens is 3. The van der Waals surface area contributed by atoms with Gasteiger partial charge in [0.1, 0.15) is 0 Å². The van der Waals surface area contributed by atoms with Gasteiger partial charge < -0.3 is 9.64 Å². The highest BCUT2D eigenvalue weighted by Crippen LogP contribution is 2.18. The summed E-state index contributed by atoms with van der Waals surface area (Å²) in [5.74, 6) is 0.0110. The van der Waals surface area contributed by atoms with Gasteiger partial charge in [-0.25, -0.2) is 9.67 Å². The van der Waals surface area contributed by atoms with E-state index in [0.29, 0.717) is 25.3 Å². The van der Waals surface area contributed by atoms with E-state index in [2.05, 4.69) is 23.9 Å². The van der Waals surface area contributed by atoms with Crippen LogP contribution in [0.5, 0.6) is 0 Å². The second kappa shape index (κ2) is 5.44. The van der Waals surface area contributed by atoms with Crippen LogP contribution in [0, 0.1) is 0 Å². The van der Waals surface area contributed by atoms with Crippen LogP contribution in [0.3, 0.4) is 0 Å². The van der Waals surface area contributed by atoms with Gasteiger partial charge in [-0.05, 0) is 26.8 Å². The molecule has 3 rings (SSSR count). The van der Waals surface area contributed by atoms with E-state index in [1.54, 1.807) is 12.4 Å². The molecule has 1 aliphatic heterocycles. The number of carbonyl (C=O) groups is 1. The van der Waals surface area contributed by atoms with Gasteiger partial charge in [0, 0.05) is 30.7 Å². The van der Waals surface area contributed by atoms with Crippen molar-refractivity contribution in [3.63, 3.8) is 0 Å². The maximum Gasteiger partial charge on any atom is 0.255 e. The van der Waals surface area contributed by atoms with Crippen molar-refractivity contribution >= 4 is 16.9 Å². The molecule has 0 aromatic carbocycles. The smallest absolute Gasteiger partial charge is 0.255 e. The molecule has 1 saturated heterocycles. The van der Waals surface area contributed by atoms with E-state index in [0.717, 1.165) is 11.0 Å². The summed E-state index contributed by atoms with van der Waals surface area (Å²) in [6.45, 7) is 7.95. The van der Waals surface area contributed by atoms with E-state index < -0.39 is 0 Å². The minimum Gasteiger partial charge on any atom is -0.375 e. The van der Waals surface area contributed by atoms with Crippen LogP contribution >= 0.6 is 0 Å². The van der Waals surface area contributed by atoms with E-state index in [-0.39, 0.29) is 18.1 Å². The standard InChI is InChI=1S/C15H20N4O2/c1-10(2)19-14-12(8-17-19)6-13(7-16-14)15(20)18-4-5-21-11(3)9-18/h6-8,10-11H,4-5,9H2,1-3H3/t11-/m0/s1. The third kappa shape index (κ3) is 2.63. The predicted octanol–water partition coefficient (Wildman–Crippen LogP) is 1.87. The molecule has 0 aliphatic carbocycles. The Bertz CT molecular complexity index is 665. The minimum absolute atomic E-state index is 0.0110. The van der Waals surface area contributed by atoms with Gasteiger partial charge in [0.25, 0.3) is 5.91 Å². The molecule has 0 N–H and O–H groups in total. The van der Waals surface area contributed by atoms with E-state index in [1.165, 1.54) is 0 Å². The highest BCUT2D eigenvalue weighted by Gasteiger charge is 2.23. The number of fused-ring (bicyclic) bond motifs is 1. The van der Waals surface area contributed by atoms with Gasteiger partial charge in [-0.3, -0.25) is 4.79 Å². The number of ether oxygens (including phenoxy) is 1. The van der Waals surface area contributed by atoms with Gasteiger partial charge in [-0.2, -0.15) is 5.10 Å². The first kappa shape index (κ1) is 14.0.